The summed E-state index contributed by atoms with van der Waals surface area (Å²) in [7, 11) is 0. The summed E-state index contributed by atoms with van der Waals surface area (Å²) in [5.74, 6) is 0. The van der Waals surface area contributed by atoms with Crippen LogP contribution in [0.2, 0.25) is 0 Å². The summed E-state index contributed by atoms with van der Waals surface area (Å²) in [6.07, 6.45) is 3.64. The first-order valence-corrected chi connectivity index (χ1v) is 7.12. The van der Waals surface area contributed by atoms with E-state index in [0.29, 0.717) is 0 Å². The van der Waals surface area contributed by atoms with Gasteiger partial charge in [0.25, 0.3) is 0 Å². The Kier molecular flexibility index (Phi) is 2.94. The molecule has 4 nitrogen and oxygen atoms in total. The lowest BCUT2D eigenvalue weighted by molar-refractivity contribution is 0.677. The van der Waals surface area contributed by atoms with Crippen molar-refractivity contribution >= 4 is 22.7 Å². The third kappa shape index (κ3) is 2.45. The lowest BCUT2D eigenvalue weighted by atomic mass is 10.4. The second-order valence-electron chi connectivity index (χ2n) is 3.85. The fraction of sp³-hybridized carbons (Fsp3) is 0.500. The first-order valence-electron chi connectivity index (χ1n) is 5.36. The maximum absolute atomic E-state index is 4.23. The molecule has 1 N–H and O–H groups in total. The fourth-order valence-corrected chi connectivity index (χ4v) is 2.87. The van der Waals surface area contributed by atoms with Crippen LogP contribution < -0.4 is 5.32 Å². The number of nitrogens with one attached hydrogen (secondary N) is 1. The molecule has 0 atom stereocenters. The van der Waals surface area contributed by atoms with Gasteiger partial charge in [0, 0.05) is 24.4 Å². The van der Waals surface area contributed by atoms with Crippen molar-refractivity contribution in [2.75, 3.05) is 6.54 Å². The molecule has 0 bridgehead atoms. The van der Waals surface area contributed by atoms with Crippen LogP contribution in [0.5, 0.6) is 0 Å². The highest BCUT2D eigenvalue weighted by Gasteiger charge is 2.19. The predicted octanol–water partition coefficient (Wildman–Crippen LogP) is 1.96. The van der Waals surface area contributed by atoms with Crippen molar-refractivity contribution in [2.24, 2.45) is 0 Å². The Morgan fingerprint density at radius 2 is 2.31 bits per heavy atom. The summed E-state index contributed by atoms with van der Waals surface area (Å²) in [6, 6.07) is 0.769. The van der Waals surface area contributed by atoms with Gasteiger partial charge in [0.2, 0.25) is 0 Å². The third-order valence-corrected chi connectivity index (χ3v) is 4.06. The average molecular weight is 252 g/mol. The van der Waals surface area contributed by atoms with Gasteiger partial charge in [-0.3, -0.25) is 0 Å². The molecule has 1 aliphatic rings. The lowest BCUT2D eigenvalue weighted by Crippen LogP contribution is -2.19. The van der Waals surface area contributed by atoms with Gasteiger partial charge in [0.05, 0.1) is 5.51 Å². The SMILES string of the molecule is c1nc(-c2nnc(CCNC3CC3)s2)cs1. The van der Waals surface area contributed by atoms with E-state index < -0.39 is 0 Å². The van der Waals surface area contributed by atoms with Crippen molar-refractivity contribution in [3.8, 4) is 10.7 Å². The second kappa shape index (κ2) is 4.57. The molecule has 0 radical (unpaired) electrons. The summed E-state index contributed by atoms with van der Waals surface area (Å²) in [4.78, 5) is 4.23. The van der Waals surface area contributed by atoms with Gasteiger partial charge < -0.3 is 5.32 Å². The van der Waals surface area contributed by atoms with E-state index in [-0.39, 0.29) is 0 Å². The van der Waals surface area contributed by atoms with Crippen molar-refractivity contribution < 1.29 is 0 Å². The average Bonchev–Trinajstić information content (AvgIpc) is 2.83. The number of rotatable bonds is 5. The van der Waals surface area contributed by atoms with E-state index in [1.54, 1.807) is 22.7 Å². The molecule has 84 valence electrons. The molecule has 16 heavy (non-hydrogen) atoms. The molecule has 1 aliphatic carbocycles. The van der Waals surface area contributed by atoms with E-state index in [1.807, 2.05) is 10.9 Å². The maximum Gasteiger partial charge on any atom is 0.167 e. The molecule has 2 aromatic rings. The summed E-state index contributed by atoms with van der Waals surface area (Å²) in [5.41, 5.74) is 2.77. The molecule has 2 heterocycles. The first kappa shape index (κ1) is 10.3. The smallest absolute Gasteiger partial charge is 0.167 e. The fourth-order valence-electron chi connectivity index (χ4n) is 1.45. The van der Waals surface area contributed by atoms with Crippen LogP contribution in [-0.2, 0) is 6.42 Å². The molecule has 0 amide bonds. The van der Waals surface area contributed by atoms with Crippen LogP contribution in [0.1, 0.15) is 17.8 Å². The molecular weight excluding hydrogens is 240 g/mol. The van der Waals surface area contributed by atoms with Gasteiger partial charge in [-0.15, -0.1) is 21.5 Å². The number of thiazole rings is 1. The highest BCUT2D eigenvalue weighted by Crippen LogP contribution is 2.23. The van der Waals surface area contributed by atoms with Crippen molar-refractivity contribution in [2.45, 2.75) is 25.3 Å². The normalized spacial score (nSPS) is 15.5. The summed E-state index contributed by atoms with van der Waals surface area (Å²) in [6.45, 7) is 1.01. The van der Waals surface area contributed by atoms with Gasteiger partial charge in [0.1, 0.15) is 10.7 Å². The van der Waals surface area contributed by atoms with Crippen molar-refractivity contribution in [3.05, 3.63) is 15.9 Å². The Balaban J connectivity index is 1.59. The number of nitrogens with zero attached hydrogens (tertiary/aromatic N) is 3. The molecule has 1 saturated carbocycles. The van der Waals surface area contributed by atoms with Crippen LogP contribution >= 0.6 is 22.7 Å². The quantitative estimate of drug-likeness (QED) is 0.883. The van der Waals surface area contributed by atoms with E-state index in [4.69, 9.17) is 0 Å². The monoisotopic (exact) mass is 252 g/mol. The van der Waals surface area contributed by atoms with Crippen LogP contribution in [0.4, 0.5) is 0 Å². The highest BCUT2D eigenvalue weighted by atomic mass is 32.1. The van der Waals surface area contributed by atoms with Gasteiger partial charge in [-0.25, -0.2) is 4.98 Å². The predicted molar refractivity (Wildman–Crippen MR) is 65.7 cm³/mol. The van der Waals surface area contributed by atoms with Crippen molar-refractivity contribution in [1.82, 2.24) is 20.5 Å². The topological polar surface area (TPSA) is 50.7 Å². The van der Waals surface area contributed by atoms with Gasteiger partial charge in [-0.05, 0) is 12.8 Å². The lowest BCUT2D eigenvalue weighted by Gasteiger charge is -1.97. The minimum atomic E-state index is 0.769. The van der Waals surface area contributed by atoms with Crippen LogP contribution in [0, 0.1) is 0 Å². The Hall–Kier alpha value is -0.850. The van der Waals surface area contributed by atoms with E-state index in [9.17, 15) is 0 Å². The molecular formula is C10H12N4S2. The number of aromatic nitrogens is 3. The van der Waals surface area contributed by atoms with E-state index in [2.05, 4.69) is 20.5 Å². The molecule has 0 saturated heterocycles. The molecule has 6 heteroatoms. The zero-order valence-electron chi connectivity index (χ0n) is 8.72. The number of hydrogen-bond donors (Lipinski definition) is 1. The molecule has 0 aliphatic heterocycles. The Morgan fingerprint density at radius 1 is 1.38 bits per heavy atom. The van der Waals surface area contributed by atoms with E-state index in [0.717, 1.165) is 34.7 Å². The van der Waals surface area contributed by atoms with Gasteiger partial charge in [-0.2, -0.15) is 0 Å². The largest absolute Gasteiger partial charge is 0.314 e. The van der Waals surface area contributed by atoms with Crippen molar-refractivity contribution in [3.63, 3.8) is 0 Å². The molecule has 0 unspecified atom stereocenters. The van der Waals surface area contributed by atoms with Crippen LogP contribution in [-0.4, -0.2) is 27.8 Å². The standard InChI is InChI=1S/C10H12N4S2/c1-2-7(1)11-4-3-9-13-14-10(16-9)8-5-15-6-12-8/h5-7,11H,1-4H2. The van der Waals surface area contributed by atoms with E-state index in [1.165, 1.54) is 12.8 Å². The molecule has 0 aromatic carbocycles. The Labute approximate surface area is 102 Å². The summed E-state index contributed by atoms with van der Waals surface area (Å²) >= 11 is 3.23. The van der Waals surface area contributed by atoms with Gasteiger partial charge in [0.15, 0.2) is 5.01 Å². The van der Waals surface area contributed by atoms with Gasteiger partial charge >= 0.3 is 0 Å². The van der Waals surface area contributed by atoms with E-state index >= 15 is 0 Å². The highest BCUT2D eigenvalue weighted by molar-refractivity contribution is 7.15. The minimum Gasteiger partial charge on any atom is -0.314 e. The van der Waals surface area contributed by atoms with Gasteiger partial charge in [-0.1, -0.05) is 11.3 Å². The summed E-state index contributed by atoms with van der Waals surface area (Å²) < 4.78 is 0. The van der Waals surface area contributed by atoms with Crippen LogP contribution in [0.25, 0.3) is 10.7 Å². The second-order valence-corrected chi connectivity index (χ2v) is 5.63. The first-order chi connectivity index (χ1) is 7.92. The molecule has 3 rings (SSSR count). The molecule has 2 aromatic heterocycles. The third-order valence-electron chi connectivity index (χ3n) is 2.47. The summed E-state index contributed by atoms with van der Waals surface area (Å²) in [5, 5.41) is 15.8. The Bertz CT molecular complexity index is 447. The molecule has 0 spiro atoms. The molecule has 1 fully saturated rings. The maximum atomic E-state index is 4.23. The zero-order valence-corrected chi connectivity index (χ0v) is 10.4. The number of hydrogen-bond acceptors (Lipinski definition) is 6. The Morgan fingerprint density at radius 3 is 3.06 bits per heavy atom. The van der Waals surface area contributed by atoms with Crippen LogP contribution in [0.15, 0.2) is 10.9 Å². The minimum absolute atomic E-state index is 0.769. The van der Waals surface area contributed by atoms with Crippen molar-refractivity contribution in [1.29, 1.82) is 0 Å². The van der Waals surface area contributed by atoms with Crippen LogP contribution in [0.3, 0.4) is 0 Å². The zero-order chi connectivity index (χ0) is 10.8.